The van der Waals surface area contributed by atoms with Gasteiger partial charge >= 0.3 is 0 Å². The lowest BCUT2D eigenvalue weighted by atomic mass is 10.3. The molecule has 0 bridgehead atoms. The molecule has 3 nitrogen and oxygen atoms in total. The minimum Gasteiger partial charge on any atom is -0.381 e. The summed E-state index contributed by atoms with van der Waals surface area (Å²) in [5.41, 5.74) is -0.127. The summed E-state index contributed by atoms with van der Waals surface area (Å²) in [7, 11) is -3.53. The van der Waals surface area contributed by atoms with Gasteiger partial charge in [0.05, 0.1) is 16.3 Å². The number of nitrogens with one attached hydrogen (secondary N) is 1. The van der Waals surface area contributed by atoms with Gasteiger partial charge in [0.25, 0.3) is 0 Å². The van der Waals surface area contributed by atoms with Gasteiger partial charge < -0.3 is 5.32 Å². The molecular weight excluding hydrogens is 212 g/mol. The van der Waals surface area contributed by atoms with Crippen molar-refractivity contribution in [2.75, 3.05) is 17.6 Å². The van der Waals surface area contributed by atoms with Gasteiger partial charge in [0.15, 0.2) is 15.7 Å². The molecular formula is C8H7F2NO2S. The molecule has 0 fully saturated rings. The maximum absolute atomic E-state index is 13.1. The maximum Gasteiger partial charge on any atom is 0.182 e. The van der Waals surface area contributed by atoms with Crippen LogP contribution in [0.3, 0.4) is 0 Å². The topological polar surface area (TPSA) is 46.2 Å². The van der Waals surface area contributed by atoms with Gasteiger partial charge in [-0.3, -0.25) is 0 Å². The third-order valence-electron chi connectivity index (χ3n) is 2.03. The number of sulfone groups is 1. The van der Waals surface area contributed by atoms with Gasteiger partial charge in [-0.15, -0.1) is 0 Å². The molecule has 0 saturated heterocycles. The van der Waals surface area contributed by atoms with Crippen molar-refractivity contribution in [3.63, 3.8) is 0 Å². The van der Waals surface area contributed by atoms with Crippen molar-refractivity contribution in [3.05, 3.63) is 23.8 Å². The molecule has 14 heavy (non-hydrogen) atoms. The molecule has 1 heterocycles. The van der Waals surface area contributed by atoms with E-state index >= 15 is 0 Å². The summed E-state index contributed by atoms with van der Waals surface area (Å²) in [4.78, 5) is -0.291. The second-order valence-electron chi connectivity index (χ2n) is 3.01. The van der Waals surface area contributed by atoms with Crippen LogP contribution in [0.5, 0.6) is 0 Å². The SMILES string of the molecule is O=S1(=O)CCNc2c(F)cc(F)cc21. The van der Waals surface area contributed by atoms with E-state index in [0.29, 0.717) is 6.07 Å². The highest BCUT2D eigenvalue weighted by Gasteiger charge is 2.26. The molecule has 0 amide bonds. The van der Waals surface area contributed by atoms with E-state index in [4.69, 9.17) is 0 Å². The molecule has 0 saturated carbocycles. The molecule has 2 rings (SSSR count). The van der Waals surface area contributed by atoms with Gasteiger partial charge in [-0.25, -0.2) is 17.2 Å². The number of benzene rings is 1. The zero-order chi connectivity index (χ0) is 10.3. The second kappa shape index (κ2) is 2.91. The Morgan fingerprint density at radius 1 is 1.29 bits per heavy atom. The third kappa shape index (κ3) is 1.35. The van der Waals surface area contributed by atoms with Gasteiger partial charge in [-0.1, -0.05) is 0 Å². The van der Waals surface area contributed by atoms with Crippen LogP contribution in [-0.2, 0) is 9.84 Å². The monoisotopic (exact) mass is 219 g/mol. The van der Waals surface area contributed by atoms with Crippen molar-refractivity contribution in [2.45, 2.75) is 4.90 Å². The number of hydrogen-bond donors (Lipinski definition) is 1. The summed E-state index contributed by atoms with van der Waals surface area (Å²) in [6.45, 7) is 0.151. The first kappa shape index (κ1) is 9.39. The molecule has 0 atom stereocenters. The molecule has 1 aromatic carbocycles. The predicted octanol–water partition coefficient (Wildman–Crippen LogP) is 1.16. The Balaban J connectivity index is 2.76. The average molecular weight is 219 g/mol. The molecule has 1 aromatic rings. The highest BCUT2D eigenvalue weighted by Crippen LogP contribution is 2.29. The van der Waals surface area contributed by atoms with E-state index in [1.807, 2.05) is 0 Å². The molecule has 1 N–H and O–H groups in total. The van der Waals surface area contributed by atoms with Gasteiger partial charge in [-0.05, 0) is 6.07 Å². The number of rotatable bonds is 0. The molecule has 0 aromatic heterocycles. The van der Waals surface area contributed by atoms with E-state index in [1.54, 1.807) is 0 Å². The number of halogens is 2. The van der Waals surface area contributed by atoms with Crippen molar-refractivity contribution < 1.29 is 17.2 Å². The van der Waals surface area contributed by atoms with Crippen LogP contribution in [-0.4, -0.2) is 20.7 Å². The van der Waals surface area contributed by atoms with Crippen molar-refractivity contribution in [2.24, 2.45) is 0 Å². The summed E-state index contributed by atoms with van der Waals surface area (Å²) in [6.07, 6.45) is 0. The smallest absolute Gasteiger partial charge is 0.182 e. The van der Waals surface area contributed by atoms with Crippen LogP contribution in [0.2, 0.25) is 0 Å². The lowest BCUT2D eigenvalue weighted by molar-refractivity contribution is 0.566. The Morgan fingerprint density at radius 3 is 2.71 bits per heavy atom. The van der Waals surface area contributed by atoms with E-state index < -0.39 is 21.5 Å². The Hall–Kier alpha value is -1.17. The van der Waals surface area contributed by atoms with E-state index in [1.165, 1.54) is 0 Å². The van der Waals surface area contributed by atoms with Crippen LogP contribution in [0.25, 0.3) is 0 Å². The first-order valence-electron chi connectivity index (χ1n) is 3.96. The first-order valence-corrected chi connectivity index (χ1v) is 5.61. The summed E-state index contributed by atoms with van der Waals surface area (Å²) in [5, 5.41) is 2.59. The Bertz CT molecular complexity index is 484. The normalized spacial score (nSPS) is 18.4. The zero-order valence-electron chi connectivity index (χ0n) is 7.05. The molecule has 76 valence electrons. The fraction of sp³-hybridized carbons (Fsp3) is 0.250. The highest BCUT2D eigenvalue weighted by atomic mass is 32.2. The molecule has 0 aliphatic carbocycles. The summed E-state index contributed by atoms with van der Waals surface area (Å²) < 4.78 is 48.7. The van der Waals surface area contributed by atoms with Crippen molar-refractivity contribution >= 4 is 15.5 Å². The molecule has 0 spiro atoms. The number of anilines is 1. The van der Waals surface area contributed by atoms with Crippen molar-refractivity contribution in [1.82, 2.24) is 0 Å². The first-order chi connectivity index (χ1) is 6.50. The molecule has 1 aliphatic heterocycles. The van der Waals surface area contributed by atoms with Crippen molar-refractivity contribution in [3.8, 4) is 0 Å². The lowest BCUT2D eigenvalue weighted by Crippen LogP contribution is -2.24. The van der Waals surface area contributed by atoms with Crippen LogP contribution in [0.4, 0.5) is 14.5 Å². The lowest BCUT2D eigenvalue weighted by Gasteiger charge is -2.18. The van der Waals surface area contributed by atoms with Crippen LogP contribution in [0.1, 0.15) is 0 Å². The Kier molecular flexibility index (Phi) is 1.95. The van der Waals surface area contributed by atoms with E-state index in [0.717, 1.165) is 6.07 Å². The van der Waals surface area contributed by atoms with Gasteiger partial charge in [0, 0.05) is 12.6 Å². The minimum atomic E-state index is -3.53. The fourth-order valence-corrected chi connectivity index (χ4v) is 2.75. The van der Waals surface area contributed by atoms with Gasteiger partial charge in [0.1, 0.15) is 5.82 Å². The number of hydrogen-bond acceptors (Lipinski definition) is 3. The van der Waals surface area contributed by atoms with Gasteiger partial charge in [-0.2, -0.15) is 0 Å². The third-order valence-corrected chi connectivity index (χ3v) is 3.76. The molecule has 0 unspecified atom stereocenters. The largest absolute Gasteiger partial charge is 0.381 e. The zero-order valence-corrected chi connectivity index (χ0v) is 7.87. The van der Waals surface area contributed by atoms with Crippen LogP contribution in [0, 0.1) is 11.6 Å². The van der Waals surface area contributed by atoms with E-state index in [9.17, 15) is 17.2 Å². The molecule has 6 heteroatoms. The summed E-state index contributed by atoms with van der Waals surface area (Å²) in [6, 6.07) is 1.49. The molecule has 0 radical (unpaired) electrons. The predicted molar refractivity (Wildman–Crippen MR) is 46.9 cm³/mol. The van der Waals surface area contributed by atoms with Crippen LogP contribution >= 0.6 is 0 Å². The Labute approximate surface area is 79.7 Å². The van der Waals surface area contributed by atoms with Crippen molar-refractivity contribution in [1.29, 1.82) is 0 Å². The van der Waals surface area contributed by atoms with Gasteiger partial charge in [0.2, 0.25) is 0 Å². The van der Waals surface area contributed by atoms with Crippen LogP contribution < -0.4 is 5.32 Å². The average Bonchev–Trinajstić information content (AvgIpc) is 2.06. The maximum atomic E-state index is 13.1. The fourth-order valence-electron chi connectivity index (χ4n) is 1.39. The summed E-state index contributed by atoms with van der Waals surface area (Å²) >= 11 is 0. The summed E-state index contributed by atoms with van der Waals surface area (Å²) in [5.74, 6) is -1.89. The standard InChI is InChI=1S/C8H7F2NO2S/c9-5-3-6(10)8-7(4-5)14(12,13)2-1-11-8/h3-4,11H,1-2H2. The Morgan fingerprint density at radius 2 is 2.00 bits per heavy atom. The quantitative estimate of drug-likeness (QED) is 0.712. The minimum absolute atomic E-state index is 0.127. The van der Waals surface area contributed by atoms with E-state index in [-0.39, 0.29) is 22.9 Å². The highest BCUT2D eigenvalue weighted by molar-refractivity contribution is 7.91. The second-order valence-corrected chi connectivity index (χ2v) is 5.08. The van der Waals surface area contributed by atoms with E-state index in [2.05, 4.69) is 5.32 Å². The number of fused-ring (bicyclic) bond motifs is 1. The molecule has 1 aliphatic rings. The van der Waals surface area contributed by atoms with Crippen LogP contribution in [0.15, 0.2) is 17.0 Å².